The van der Waals surface area contributed by atoms with Crippen LogP contribution in [0.3, 0.4) is 0 Å². The lowest BCUT2D eigenvalue weighted by atomic mass is 10.2. The van der Waals surface area contributed by atoms with Crippen LogP contribution in [-0.2, 0) is 11.2 Å². The van der Waals surface area contributed by atoms with Gasteiger partial charge >= 0.3 is 0 Å². The highest BCUT2D eigenvalue weighted by atomic mass is 16.3. The van der Waals surface area contributed by atoms with Gasteiger partial charge in [0.1, 0.15) is 5.76 Å². The molecule has 0 saturated heterocycles. The highest BCUT2D eigenvalue weighted by Gasteiger charge is 2.01. The third kappa shape index (κ3) is 2.74. The maximum absolute atomic E-state index is 11.2. The van der Waals surface area contributed by atoms with Crippen molar-refractivity contribution in [3.63, 3.8) is 0 Å². The van der Waals surface area contributed by atoms with Gasteiger partial charge in [0.2, 0.25) is 0 Å². The lowest BCUT2D eigenvalue weighted by Crippen LogP contribution is -1.97. The van der Waals surface area contributed by atoms with Crippen molar-refractivity contribution in [3.05, 3.63) is 35.8 Å². The Balaban J connectivity index is 2.54. The predicted molar refractivity (Wildman–Crippen MR) is 46.9 cm³/mol. The zero-order valence-electron chi connectivity index (χ0n) is 7.33. The van der Waals surface area contributed by atoms with E-state index in [-0.39, 0.29) is 5.78 Å². The number of carbonyl (C=O) groups excluding carboxylic acids is 1. The van der Waals surface area contributed by atoms with E-state index in [1.807, 2.05) is 13.8 Å². The van der Waals surface area contributed by atoms with Crippen LogP contribution >= 0.6 is 0 Å². The number of furan rings is 1. The van der Waals surface area contributed by atoms with E-state index in [0.29, 0.717) is 6.42 Å². The van der Waals surface area contributed by atoms with E-state index in [1.54, 1.807) is 24.5 Å². The Morgan fingerprint density at radius 3 is 2.83 bits per heavy atom. The second-order valence-corrected chi connectivity index (χ2v) is 2.94. The second-order valence-electron chi connectivity index (χ2n) is 2.94. The Bertz CT molecular complexity index is 277. The summed E-state index contributed by atoms with van der Waals surface area (Å²) in [7, 11) is 0. The number of rotatable bonds is 3. The van der Waals surface area contributed by atoms with Gasteiger partial charge in [-0.3, -0.25) is 4.79 Å². The number of carbonyl (C=O) groups is 1. The van der Waals surface area contributed by atoms with Crippen molar-refractivity contribution in [2.45, 2.75) is 20.3 Å². The molecule has 1 aromatic heterocycles. The summed E-state index contributed by atoms with van der Waals surface area (Å²) >= 11 is 0. The van der Waals surface area contributed by atoms with Gasteiger partial charge in [-0.2, -0.15) is 0 Å². The van der Waals surface area contributed by atoms with Crippen LogP contribution in [0, 0.1) is 0 Å². The smallest absolute Gasteiger partial charge is 0.163 e. The number of allylic oxidation sites excluding steroid dienone is 2. The first-order valence-corrected chi connectivity index (χ1v) is 3.88. The molecule has 2 heteroatoms. The quantitative estimate of drug-likeness (QED) is 0.642. The zero-order chi connectivity index (χ0) is 8.97. The van der Waals surface area contributed by atoms with Gasteiger partial charge in [-0.05, 0) is 32.1 Å². The van der Waals surface area contributed by atoms with Gasteiger partial charge in [-0.15, -0.1) is 0 Å². The Labute approximate surface area is 71.9 Å². The summed E-state index contributed by atoms with van der Waals surface area (Å²) in [4.78, 5) is 11.2. The first-order chi connectivity index (χ1) is 5.68. The van der Waals surface area contributed by atoms with Crippen LogP contribution < -0.4 is 0 Å². The Morgan fingerprint density at radius 1 is 1.58 bits per heavy atom. The van der Waals surface area contributed by atoms with Gasteiger partial charge in [0.05, 0.1) is 12.7 Å². The minimum atomic E-state index is 0.0879. The maximum atomic E-state index is 11.2. The third-order valence-corrected chi connectivity index (χ3v) is 1.38. The monoisotopic (exact) mass is 164 g/mol. The van der Waals surface area contributed by atoms with E-state index < -0.39 is 0 Å². The van der Waals surface area contributed by atoms with Crippen molar-refractivity contribution in [2.75, 3.05) is 0 Å². The van der Waals surface area contributed by atoms with Gasteiger partial charge in [-0.25, -0.2) is 0 Å². The van der Waals surface area contributed by atoms with Gasteiger partial charge in [-0.1, -0.05) is 5.57 Å². The fourth-order valence-corrected chi connectivity index (χ4v) is 0.958. The van der Waals surface area contributed by atoms with Gasteiger partial charge in [0.25, 0.3) is 0 Å². The van der Waals surface area contributed by atoms with Crippen molar-refractivity contribution in [1.82, 2.24) is 0 Å². The van der Waals surface area contributed by atoms with Crippen LogP contribution in [0.2, 0.25) is 0 Å². The van der Waals surface area contributed by atoms with Crippen LogP contribution in [0.5, 0.6) is 0 Å². The fraction of sp³-hybridized carbons (Fsp3) is 0.300. The standard InChI is InChI=1S/C10H12O2/c1-8(2)6-9(11)7-10-4-3-5-12-10/h3-6H,7H2,1-2H3. The molecule has 0 fully saturated rings. The van der Waals surface area contributed by atoms with Gasteiger partial charge in [0.15, 0.2) is 5.78 Å². The van der Waals surface area contributed by atoms with Crippen molar-refractivity contribution in [1.29, 1.82) is 0 Å². The molecule has 1 aromatic rings. The fourth-order valence-electron chi connectivity index (χ4n) is 0.958. The minimum absolute atomic E-state index is 0.0879. The SMILES string of the molecule is CC(C)=CC(=O)Cc1ccco1. The summed E-state index contributed by atoms with van der Waals surface area (Å²) in [5.74, 6) is 0.808. The summed E-state index contributed by atoms with van der Waals surface area (Å²) in [6, 6.07) is 3.59. The molecule has 1 heterocycles. The van der Waals surface area contributed by atoms with Crippen LogP contribution in [0.4, 0.5) is 0 Å². The molecular formula is C10H12O2. The lowest BCUT2D eigenvalue weighted by Gasteiger charge is -1.91. The first-order valence-electron chi connectivity index (χ1n) is 3.88. The maximum Gasteiger partial charge on any atom is 0.163 e. The summed E-state index contributed by atoms with van der Waals surface area (Å²) in [6.45, 7) is 3.81. The number of hydrogen-bond donors (Lipinski definition) is 0. The molecule has 2 nitrogen and oxygen atoms in total. The molecule has 0 spiro atoms. The van der Waals surface area contributed by atoms with E-state index in [2.05, 4.69) is 0 Å². The molecule has 0 aliphatic heterocycles. The van der Waals surface area contributed by atoms with Gasteiger partial charge < -0.3 is 4.42 Å². The Kier molecular flexibility index (Phi) is 2.86. The normalized spacial score (nSPS) is 9.50. The first kappa shape index (κ1) is 8.78. The van der Waals surface area contributed by atoms with E-state index in [0.717, 1.165) is 11.3 Å². The zero-order valence-corrected chi connectivity index (χ0v) is 7.33. The number of ketones is 1. The largest absolute Gasteiger partial charge is 0.469 e. The summed E-state index contributed by atoms with van der Waals surface area (Å²) in [5, 5.41) is 0. The van der Waals surface area contributed by atoms with E-state index in [1.165, 1.54) is 0 Å². The highest BCUT2D eigenvalue weighted by molar-refractivity contribution is 5.91. The van der Waals surface area contributed by atoms with Crippen molar-refractivity contribution in [3.8, 4) is 0 Å². The van der Waals surface area contributed by atoms with E-state index in [4.69, 9.17) is 4.42 Å². The average molecular weight is 164 g/mol. The topological polar surface area (TPSA) is 30.2 Å². The van der Waals surface area contributed by atoms with Crippen LogP contribution in [-0.4, -0.2) is 5.78 Å². The predicted octanol–water partition coefficient (Wildman–Crippen LogP) is 2.36. The van der Waals surface area contributed by atoms with Crippen LogP contribution in [0.15, 0.2) is 34.5 Å². The molecule has 0 aromatic carbocycles. The van der Waals surface area contributed by atoms with Crippen molar-refractivity contribution >= 4 is 5.78 Å². The minimum Gasteiger partial charge on any atom is -0.469 e. The Hall–Kier alpha value is -1.31. The molecule has 0 aliphatic rings. The van der Waals surface area contributed by atoms with Gasteiger partial charge in [0, 0.05) is 0 Å². The van der Waals surface area contributed by atoms with E-state index in [9.17, 15) is 4.79 Å². The lowest BCUT2D eigenvalue weighted by molar-refractivity contribution is -0.114. The molecule has 64 valence electrons. The summed E-state index contributed by atoms with van der Waals surface area (Å²) < 4.78 is 5.04. The van der Waals surface area contributed by atoms with Crippen molar-refractivity contribution in [2.24, 2.45) is 0 Å². The van der Waals surface area contributed by atoms with Crippen LogP contribution in [0.25, 0.3) is 0 Å². The molecule has 0 radical (unpaired) electrons. The molecule has 0 amide bonds. The van der Waals surface area contributed by atoms with Crippen molar-refractivity contribution < 1.29 is 9.21 Å². The molecule has 0 atom stereocenters. The molecule has 0 aliphatic carbocycles. The molecule has 0 N–H and O–H groups in total. The molecule has 0 unspecified atom stereocenters. The third-order valence-electron chi connectivity index (χ3n) is 1.38. The number of hydrogen-bond acceptors (Lipinski definition) is 2. The Morgan fingerprint density at radius 2 is 2.33 bits per heavy atom. The second kappa shape index (κ2) is 3.90. The molecule has 0 bridgehead atoms. The molecule has 1 rings (SSSR count). The molecule has 12 heavy (non-hydrogen) atoms. The summed E-state index contributed by atoms with van der Waals surface area (Å²) in [6.07, 6.45) is 3.56. The highest BCUT2D eigenvalue weighted by Crippen LogP contribution is 2.02. The molecule has 0 saturated carbocycles. The van der Waals surface area contributed by atoms with Crippen LogP contribution in [0.1, 0.15) is 19.6 Å². The summed E-state index contributed by atoms with van der Waals surface area (Å²) in [5.41, 5.74) is 1.02. The van der Waals surface area contributed by atoms with E-state index >= 15 is 0 Å². The molecular weight excluding hydrogens is 152 g/mol. The average Bonchev–Trinajstić information content (AvgIpc) is 2.37.